The third kappa shape index (κ3) is 4.19. The van der Waals surface area contributed by atoms with Gasteiger partial charge in [0.1, 0.15) is 5.84 Å². The monoisotopic (exact) mass is 458 g/mol. The summed E-state index contributed by atoms with van der Waals surface area (Å²) in [5.74, 6) is 2.28. The zero-order chi connectivity index (χ0) is 24.0. The molecule has 5 rings (SSSR count). The van der Waals surface area contributed by atoms with E-state index < -0.39 is 5.60 Å². The summed E-state index contributed by atoms with van der Waals surface area (Å²) in [7, 11) is 0. The van der Waals surface area contributed by atoms with Gasteiger partial charge in [-0.25, -0.2) is 19.3 Å². The third-order valence-electron chi connectivity index (χ3n) is 6.25. The zero-order valence-corrected chi connectivity index (χ0v) is 20.0. The van der Waals surface area contributed by atoms with Gasteiger partial charge in [-0.1, -0.05) is 0 Å². The summed E-state index contributed by atoms with van der Waals surface area (Å²) in [5, 5.41) is 20.2. The van der Waals surface area contributed by atoms with Crippen LogP contribution in [-0.2, 0) is 18.6 Å². The van der Waals surface area contributed by atoms with E-state index in [4.69, 9.17) is 20.8 Å². The standard InChI is InChI=1S/C25H30N8O/c1-15-22(25(3,4)34)16(2)33(30-15)21-13-20(26)29-24-19(9-12-28-21)23(18-7-10-27-11-8-18)31-32(24)14-17-5-6-17/h7-8,10-13,17,34H,5-6,9,14H2,1-4H3,(H2,26,29). The molecule has 3 aromatic rings. The first-order valence-electron chi connectivity index (χ1n) is 11.6. The van der Waals surface area contributed by atoms with Crippen LogP contribution < -0.4 is 5.73 Å². The molecule has 9 heteroatoms. The van der Waals surface area contributed by atoms with Crippen molar-refractivity contribution in [2.75, 3.05) is 0 Å². The molecule has 0 spiro atoms. The summed E-state index contributed by atoms with van der Waals surface area (Å²) in [6.07, 6.45) is 10.1. The number of nitrogens with zero attached hydrogens (tertiary/aromatic N) is 7. The molecular formula is C25H30N8O. The quantitative estimate of drug-likeness (QED) is 0.606. The van der Waals surface area contributed by atoms with Crippen LogP contribution in [0.5, 0.6) is 0 Å². The first kappa shape index (κ1) is 22.2. The summed E-state index contributed by atoms with van der Waals surface area (Å²) in [4.78, 5) is 13.7. The van der Waals surface area contributed by atoms with Gasteiger partial charge in [0.2, 0.25) is 0 Å². The Balaban J connectivity index is 1.61. The lowest BCUT2D eigenvalue weighted by molar-refractivity contribution is 0.0772. The molecule has 0 unspecified atom stereocenters. The molecule has 0 atom stereocenters. The average Bonchev–Trinajstić information content (AvgIpc) is 3.44. The minimum absolute atomic E-state index is 0.325. The molecule has 0 aromatic carbocycles. The maximum atomic E-state index is 10.6. The van der Waals surface area contributed by atoms with Crippen molar-refractivity contribution in [3.8, 4) is 11.3 Å². The molecule has 0 bridgehead atoms. The molecule has 3 N–H and O–H groups in total. The molecule has 4 heterocycles. The molecule has 9 nitrogen and oxygen atoms in total. The van der Waals surface area contributed by atoms with Gasteiger partial charge in [0.15, 0.2) is 11.6 Å². The molecule has 0 saturated heterocycles. The van der Waals surface area contributed by atoms with Crippen molar-refractivity contribution in [2.24, 2.45) is 21.6 Å². The van der Waals surface area contributed by atoms with E-state index >= 15 is 0 Å². The van der Waals surface area contributed by atoms with Crippen LogP contribution in [0, 0.1) is 19.8 Å². The van der Waals surface area contributed by atoms with Crippen molar-refractivity contribution < 1.29 is 5.11 Å². The summed E-state index contributed by atoms with van der Waals surface area (Å²) in [5.41, 5.74) is 10.6. The van der Waals surface area contributed by atoms with Crippen LogP contribution in [0.2, 0.25) is 0 Å². The Morgan fingerprint density at radius 3 is 2.53 bits per heavy atom. The van der Waals surface area contributed by atoms with Crippen molar-refractivity contribution in [2.45, 2.75) is 59.1 Å². The van der Waals surface area contributed by atoms with Crippen LogP contribution in [0.1, 0.15) is 49.2 Å². The first-order valence-corrected chi connectivity index (χ1v) is 11.6. The number of aromatic nitrogens is 5. The maximum absolute atomic E-state index is 10.6. The largest absolute Gasteiger partial charge is 0.386 e. The summed E-state index contributed by atoms with van der Waals surface area (Å²) < 4.78 is 3.70. The highest BCUT2D eigenvalue weighted by Crippen LogP contribution is 2.36. The average molecular weight is 459 g/mol. The lowest BCUT2D eigenvalue weighted by Gasteiger charge is -2.18. The fourth-order valence-electron chi connectivity index (χ4n) is 4.64. The summed E-state index contributed by atoms with van der Waals surface area (Å²) in [6.45, 7) is 8.15. The predicted octanol–water partition coefficient (Wildman–Crippen LogP) is 3.51. The van der Waals surface area contributed by atoms with Crippen molar-refractivity contribution in [1.29, 1.82) is 0 Å². The van der Waals surface area contributed by atoms with Crippen LogP contribution in [-0.4, -0.2) is 41.7 Å². The minimum Gasteiger partial charge on any atom is -0.386 e. The molecule has 0 amide bonds. The normalized spacial score (nSPS) is 16.4. The Labute approximate surface area is 198 Å². The predicted molar refractivity (Wildman–Crippen MR) is 133 cm³/mol. The number of aryl methyl sites for hydroxylation is 1. The smallest absolute Gasteiger partial charge is 0.157 e. The third-order valence-corrected chi connectivity index (χ3v) is 6.25. The number of nitrogens with two attached hydrogens (primary N) is 1. The van der Waals surface area contributed by atoms with E-state index in [1.54, 1.807) is 37.0 Å². The maximum Gasteiger partial charge on any atom is 0.157 e. The highest BCUT2D eigenvalue weighted by Gasteiger charge is 2.28. The van der Waals surface area contributed by atoms with Crippen LogP contribution in [0.4, 0.5) is 5.82 Å². The van der Waals surface area contributed by atoms with Gasteiger partial charge in [-0.3, -0.25) is 4.98 Å². The van der Waals surface area contributed by atoms with Crippen molar-refractivity contribution in [1.82, 2.24) is 24.5 Å². The zero-order valence-electron chi connectivity index (χ0n) is 20.0. The van der Waals surface area contributed by atoms with Crippen LogP contribution in [0.15, 0.2) is 40.6 Å². The summed E-state index contributed by atoms with van der Waals surface area (Å²) >= 11 is 0. The first-order chi connectivity index (χ1) is 16.2. The van der Waals surface area contributed by atoms with Gasteiger partial charge >= 0.3 is 0 Å². The Hall–Kier alpha value is -3.59. The molecule has 176 valence electrons. The van der Waals surface area contributed by atoms with Crippen molar-refractivity contribution >= 4 is 23.7 Å². The second-order valence-electron chi connectivity index (χ2n) is 9.58. The number of aliphatic hydroxyl groups is 1. The van der Waals surface area contributed by atoms with E-state index in [1.807, 2.05) is 36.9 Å². The number of hydrogen-bond acceptors (Lipinski definition) is 7. The lowest BCUT2D eigenvalue weighted by atomic mass is 9.96. The highest BCUT2D eigenvalue weighted by molar-refractivity contribution is 5.98. The van der Waals surface area contributed by atoms with Crippen molar-refractivity contribution in [3.63, 3.8) is 0 Å². The van der Waals surface area contributed by atoms with Gasteiger partial charge in [0, 0.05) is 60.0 Å². The van der Waals surface area contributed by atoms with E-state index in [2.05, 4.69) is 10.1 Å². The van der Waals surface area contributed by atoms with Gasteiger partial charge in [0.25, 0.3) is 0 Å². The Morgan fingerprint density at radius 1 is 1.15 bits per heavy atom. The molecule has 0 radical (unpaired) electrons. The molecule has 1 fully saturated rings. The number of rotatable bonds is 5. The molecule has 34 heavy (non-hydrogen) atoms. The number of aliphatic imine (C=N–C) groups is 2. The van der Waals surface area contributed by atoms with E-state index in [0.717, 1.165) is 46.1 Å². The summed E-state index contributed by atoms with van der Waals surface area (Å²) in [6, 6.07) is 3.91. The van der Waals surface area contributed by atoms with Gasteiger partial charge < -0.3 is 10.8 Å². The number of amidine groups is 1. The number of pyridine rings is 1. The van der Waals surface area contributed by atoms with E-state index in [9.17, 15) is 5.11 Å². The van der Waals surface area contributed by atoms with E-state index in [-0.39, 0.29) is 0 Å². The second-order valence-corrected chi connectivity index (χ2v) is 9.58. The highest BCUT2D eigenvalue weighted by atomic mass is 16.3. The van der Waals surface area contributed by atoms with Crippen molar-refractivity contribution in [3.05, 3.63) is 53.1 Å². The second kappa shape index (κ2) is 8.32. The Bertz CT molecular complexity index is 1320. The molecular weight excluding hydrogens is 428 g/mol. The number of hydrogen-bond donors (Lipinski definition) is 2. The Morgan fingerprint density at radius 2 is 1.88 bits per heavy atom. The molecule has 2 aliphatic rings. The molecule has 1 aliphatic heterocycles. The van der Waals surface area contributed by atoms with Crippen LogP contribution in [0.3, 0.4) is 0 Å². The lowest BCUT2D eigenvalue weighted by Crippen LogP contribution is -2.18. The fraction of sp³-hybridized carbons (Fsp3) is 0.400. The molecule has 1 saturated carbocycles. The SMILES string of the molecule is Cc1nn(C2=CC(N)=Nc3c(c(-c4ccncc4)nn3CC3CC3)CC=N2)c(C)c1C(C)(C)O. The van der Waals surface area contributed by atoms with Gasteiger partial charge in [-0.2, -0.15) is 10.2 Å². The number of fused-ring (bicyclic) bond motifs is 1. The topological polar surface area (TPSA) is 120 Å². The van der Waals surface area contributed by atoms with Crippen LogP contribution in [0.25, 0.3) is 17.1 Å². The molecule has 3 aromatic heterocycles. The van der Waals surface area contributed by atoms with Gasteiger partial charge in [0.05, 0.1) is 17.0 Å². The van der Waals surface area contributed by atoms with E-state index in [0.29, 0.717) is 24.0 Å². The van der Waals surface area contributed by atoms with Crippen LogP contribution >= 0.6 is 0 Å². The molecule has 1 aliphatic carbocycles. The van der Waals surface area contributed by atoms with Gasteiger partial charge in [-0.05, 0) is 58.6 Å². The van der Waals surface area contributed by atoms with E-state index in [1.165, 1.54) is 12.8 Å². The Kier molecular flexibility index (Phi) is 5.44. The van der Waals surface area contributed by atoms with Gasteiger partial charge in [-0.15, -0.1) is 0 Å². The minimum atomic E-state index is -1.02. The fourth-order valence-corrected chi connectivity index (χ4v) is 4.64.